The van der Waals surface area contributed by atoms with Gasteiger partial charge in [-0.25, -0.2) is 0 Å². The van der Waals surface area contributed by atoms with E-state index in [1.165, 1.54) is 10.9 Å². The van der Waals surface area contributed by atoms with Crippen molar-refractivity contribution in [2.24, 2.45) is 0 Å². The second kappa shape index (κ2) is 5.83. The lowest BCUT2D eigenvalue weighted by molar-refractivity contribution is -0.120. The molecule has 1 heterocycles. The molecule has 0 spiro atoms. The van der Waals surface area contributed by atoms with E-state index in [9.17, 15) is 4.79 Å². The van der Waals surface area contributed by atoms with Gasteiger partial charge in [0.15, 0.2) is 0 Å². The van der Waals surface area contributed by atoms with Crippen molar-refractivity contribution in [2.45, 2.75) is 19.9 Å². The van der Waals surface area contributed by atoms with Crippen molar-refractivity contribution in [3.05, 3.63) is 71.4 Å². The quantitative estimate of drug-likeness (QED) is 0.755. The fourth-order valence-electron chi connectivity index (χ4n) is 2.36. The van der Waals surface area contributed by atoms with Crippen LogP contribution in [0.3, 0.4) is 0 Å². The van der Waals surface area contributed by atoms with Crippen LogP contribution in [0.5, 0.6) is 0 Å². The molecule has 3 heteroatoms. The van der Waals surface area contributed by atoms with E-state index in [0.717, 1.165) is 16.6 Å². The molecule has 3 nitrogen and oxygen atoms in total. The van der Waals surface area contributed by atoms with Crippen LogP contribution in [0.25, 0.3) is 10.9 Å². The van der Waals surface area contributed by atoms with Gasteiger partial charge in [-0.05, 0) is 35.6 Å². The molecule has 0 aliphatic heterocycles. The number of carbonyl (C=O) groups is 1. The summed E-state index contributed by atoms with van der Waals surface area (Å²) >= 11 is 0. The van der Waals surface area contributed by atoms with E-state index in [1.807, 2.05) is 42.6 Å². The molecule has 0 unspecified atom stereocenters. The Bertz CT molecular complexity index is 756. The van der Waals surface area contributed by atoms with Crippen LogP contribution in [-0.4, -0.2) is 10.9 Å². The largest absolute Gasteiger partial charge is 0.361 e. The number of carbonyl (C=O) groups excluding carboxylic acids is 1. The molecule has 2 aromatic carbocycles. The number of hydrogen-bond acceptors (Lipinski definition) is 1. The van der Waals surface area contributed by atoms with Crippen molar-refractivity contribution in [2.75, 3.05) is 0 Å². The second-order valence-corrected chi connectivity index (χ2v) is 5.34. The van der Waals surface area contributed by atoms with Crippen LogP contribution in [0.4, 0.5) is 0 Å². The Labute approximate surface area is 124 Å². The molecule has 0 saturated heterocycles. The first-order chi connectivity index (χ1) is 10.2. The summed E-state index contributed by atoms with van der Waals surface area (Å²) in [6.07, 6.45) is 2.31. The third kappa shape index (κ3) is 3.31. The summed E-state index contributed by atoms with van der Waals surface area (Å²) in [6, 6.07) is 16.3. The van der Waals surface area contributed by atoms with Crippen LogP contribution in [0.15, 0.2) is 54.7 Å². The molecule has 1 aromatic heterocycles. The van der Waals surface area contributed by atoms with E-state index in [0.29, 0.717) is 13.0 Å². The van der Waals surface area contributed by atoms with Crippen LogP contribution in [0.2, 0.25) is 0 Å². The molecular formula is C18H18N2O. The van der Waals surface area contributed by atoms with Gasteiger partial charge in [0.1, 0.15) is 0 Å². The van der Waals surface area contributed by atoms with Crippen molar-refractivity contribution in [1.82, 2.24) is 10.3 Å². The number of benzene rings is 2. The van der Waals surface area contributed by atoms with Crippen molar-refractivity contribution < 1.29 is 4.79 Å². The Kier molecular flexibility index (Phi) is 3.73. The van der Waals surface area contributed by atoms with Crippen LogP contribution in [0.1, 0.15) is 16.7 Å². The number of fused-ring (bicyclic) bond motifs is 1. The van der Waals surface area contributed by atoms with Gasteiger partial charge in [0, 0.05) is 18.3 Å². The number of amides is 1. The maximum absolute atomic E-state index is 12.0. The Morgan fingerprint density at radius 1 is 1.05 bits per heavy atom. The zero-order chi connectivity index (χ0) is 14.7. The minimum absolute atomic E-state index is 0.0430. The number of nitrogens with one attached hydrogen (secondary N) is 2. The Hall–Kier alpha value is -2.55. The number of aryl methyl sites for hydroxylation is 1. The number of rotatable bonds is 4. The number of aromatic nitrogens is 1. The lowest BCUT2D eigenvalue weighted by Crippen LogP contribution is -2.24. The first kappa shape index (κ1) is 13.4. The maximum atomic E-state index is 12.0. The molecular weight excluding hydrogens is 260 g/mol. The zero-order valence-electron chi connectivity index (χ0n) is 12.0. The first-order valence-corrected chi connectivity index (χ1v) is 7.09. The fraction of sp³-hybridized carbons (Fsp3) is 0.167. The summed E-state index contributed by atoms with van der Waals surface area (Å²) in [5, 5.41) is 4.13. The molecule has 3 rings (SSSR count). The van der Waals surface area contributed by atoms with Gasteiger partial charge in [-0.1, -0.05) is 42.0 Å². The van der Waals surface area contributed by atoms with Crippen molar-refractivity contribution >= 4 is 16.8 Å². The maximum Gasteiger partial charge on any atom is 0.224 e. The highest BCUT2D eigenvalue weighted by Gasteiger charge is 2.04. The highest BCUT2D eigenvalue weighted by molar-refractivity contribution is 5.83. The highest BCUT2D eigenvalue weighted by atomic mass is 16.1. The highest BCUT2D eigenvalue weighted by Crippen LogP contribution is 2.14. The lowest BCUT2D eigenvalue weighted by atomic mass is 10.1. The van der Waals surface area contributed by atoms with Gasteiger partial charge < -0.3 is 10.3 Å². The SMILES string of the molecule is Cc1ccc(CNC(=O)Cc2ccc3cc[nH]c3c2)cc1. The Balaban J connectivity index is 1.59. The van der Waals surface area contributed by atoms with Crippen molar-refractivity contribution in [1.29, 1.82) is 0 Å². The third-order valence-electron chi connectivity index (χ3n) is 3.59. The summed E-state index contributed by atoms with van der Waals surface area (Å²) in [5.41, 5.74) is 4.43. The molecule has 0 radical (unpaired) electrons. The summed E-state index contributed by atoms with van der Waals surface area (Å²) in [5.74, 6) is 0.0430. The molecule has 1 amide bonds. The van der Waals surface area contributed by atoms with E-state index in [-0.39, 0.29) is 5.91 Å². The van der Waals surface area contributed by atoms with E-state index in [4.69, 9.17) is 0 Å². The molecule has 0 saturated carbocycles. The topological polar surface area (TPSA) is 44.9 Å². The fourth-order valence-corrected chi connectivity index (χ4v) is 2.36. The van der Waals surface area contributed by atoms with E-state index < -0.39 is 0 Å². The van der Waals surface area contributed by atoms with Gasteiger partial charge in [-0.3, -0.25) is 4.79 Å². The molecule has 0 atom stereocenters. The molecule has 3 aromatic rings. The molecule has 2 N–H and O–H groups in total. The monoisotopic (exact) mass is 278 g/mol. The van der Waals surface area contributed by atoms with Crippen LogP contribution in [0, 0.1) is 6.92 Å². The van der Waals surface area contributed by atoms with Crippen LogP contribution >= 0.6 is 0 Å². The van der Waals surface area contributed by atoms with E-state index >= 15 is 0 Å². The Morgan fingerprint density at radius 3 is 2.62 bits per heavy atom. The van der Waals surface area contributed by atoms with Gasteiger partial charge in [0.25, 0.3) is 0 Å². The smallest absolute Gasteiger partial charge is 0.224 e. The molecule has 0 bridgehead atoms. The van der Waals surface area contributed by atoms with Gasteiger partial charge >= 0.3 is 0 Å². The number of aromatic amines is 1. The lowest BCUT2D eigenvalue weighted by Gasteiger charge is -2.06. The number of hydrogen-bond donors (Lipinski definition) is 2. The summed E-state index contributed by atoms with van der Waals surface area (Å²) in [7, 11) is 0. The third-order valence-corrected chi connectivity index (χ3v) is 3.59. The first-order valence-electron chi connectivity index (χ1n) is 7.09. The molecule has 21 heavy (non-hydrogen) atoms. The normalized spacial score (nSPS) is 10.7. The number of H-pyrrole nitrogens is 1. The minimum atomic E-state index is 0.0430. The average Bonchev–Trinajstić information content (AvgIpc) is 2.94. The minimum Gasteiger partial charge on any atom is -0.361 e. The van der Waals surface area contributed by atoms with Crippen LogP contribution < -0.4 is 5.32 Å². The Morgan fingerprint density at radius 2 is 1.81 bits per heavy atom. The van der Waals surface area contributed by atoms with E-state index in [1.54, 1.807) is 0 Å². The predicted molar refractivity (Wildman–Crippen MR) is 85.0 cm³/mol. The average molecular weight is 278 g/mol. The molecule has 106 valence electrons. The second-order valence-electron chi connectivity index (χ2n) is 5.34. The van der Waals surface area contributed by atoms with E-state index in [2.05, 4.69) is 29.4 Å². The molecule has 0 fully saturated rings. The molecule has 0 aliphatic carbocycles. The van der Waals surface area contributed by atoms with Gasteiger partial charge in [0.05, 0.1) is 6.42 Å². The molecule has 0 aliphatic rings. The zero-order valence-corrected chi connectivity index (χ0v) is 12.0. The predicted octanol–water partition coefficient (Wildman–Crippen LogP) is 3.34. The summed E-state index contributed by atoms with van der Waals surface area (Å²) in [4.78, 5) is 15.2. The standard InChI is InChI=1S/C18H18N2O/c1-13-2-4-14(5-3-13)12-20-18(21)11-15-6-7-16-8-9-19-17(16)10-15/h2-10,19H,11-12H2,1H3,(H,20,21). The van der Waals surface area contributed by atoms with Gasteiger partial charge in [-0.15, -0.1) is 0 Å². The summed E-state index contributed by atoms with van der Waals surface area (Å²) in [6.45, 7) is 2.63. The van der Waals surface area contributed by atoms with Crippen molar-refractivity contribution in [3.8, 4) is 0 Å². The van der Waals surface area contributed by atoms with Crippen molar-refractivity contribution in [3.63, 3.8) is 0 Å². The van der Waals surface area contributed by atoms with Crippen LogP contribution in [-0.2, 0) is 17.8 Å². The van der Waals surface area contributed by atoms with Gasteiger partial charge in [0.2, 0.25) is 5.91 Å². The summed E-state index contributed by atoms with van der Waals surface area (Å²) < 4.78 is 0. The van der Waals surface area contributed by atoms with Gasteiger partial charge in [-0.2, -0.15) is 0 Å².